The molecule has 2 atom stereocenters. The third kappa shape index (κ3) is 3.05. The van der Waals surface area contributed by atoms with E-state index in [1.54, 1.807) is 12.1 Å². The van der Waals surface area contributed by atoms with Crippen molar-refractivity contribution in [3.05, 3.63) is 35.6 Å². The molecular formula is C14H20FN. The highest BCUT2D eigenvalue weighted by Gasteiger charge is 2.27. The van der Waals surface area contributed by atoms with Gasteiger partial charge in [-0.05, 0) is 55.8 Å². The van der Waals surface area contributed by atoms with E-state index in [0.717, 1.165) is 23.9 Å². The number of benzene rings is 1. The summed E-state index contributed by atoms with van der Waals surface area (Å²) in [5.41, 5.74) is 1.03. The minimum absolute atomic E-state index is 0.151. The van der Waals surface area contributed by atoms with E-state index in [4.69, 9.17) is 0 Å². The first kappa shape index (κ1) is 11.6. The molecule has 1 aliphatic rings. The lowest BCUT2D eigenvalue weighted by Crippen LogP contribution is -2.25. The third-order valence-corrected chi connectivity index (χ3v) is 3.52. The minimum atomic E-state index is -0.151. The Morgan fingerprint density at radius 2 is 2.12 bits per heavy atom. The van der Waals surface area contributed by atoms with Crippen molar-refractivity contribution in [2.75, 3.05) is 6.54 Å². The van der Waals surface area contributed by atoms with Gasteiger partial charge < -0.3 is 5.32 Å². The van der Waals surface area contributed by atoms with Gasteiger partial charge in [0.1, 0.15) is 5.82 Å². The number of rotatable bonds is 5. The molecule has 2 rings (SSSR count). The van der Waals surface area contributed by atoms with Crippen LogP contribution >= 0.6 is 0 Å². The molecule has 1 aliphatic carbocycles. The fourth-order valence-electron chi connectivity index (χ4n) is 2.09. The molecule has 0 saturated heterocycles. The molecule has 88 valence electrons. The first-order valence-electron chi connectivity index (χ1n) is 6.15. The molecule has 0 bridgehead atoms. The van der Waals surface area contributed by atoms with Gasteiger partial charge in [-0.2, -0.15) is 0 Å². The Morgan fingerprint density at radius 3 is 2.75 bits per heavy atom. The lowest BCUT2D eigenvalue weighted by Gasteiger charge is -2.17. The van der Waals surface area contributed by atoms with Crippen LogP contribution in [0.25, 0.3) is 0 Å². The van der Waals surface area contributed by atoms with Crippen molar-refractivity contribution < 1.29 is 4.39 Å². The zero-order valence-corrected chi connectivity index (χ0v) is 10.0. The van der Waals surface area contributed by atoms with Crippen LogP contribution in [0.2, 0.25) is 0 Å². The van der Waals surface area contributed by atoms with E-state index in [2.05, 4.69) is 19.2 Å². The highest BCUT2D eigenvalue weighted by atomic mass is 19.1. The Balaban J connectivity index is 1.84. The van der Waals surface area contributed by atoms with E-state index < -0.39 is 0 Å². The lowest BCUT2D eigenvalue weighted by molar-refractivity contribution is 0.431. The molecule has 0 aliphatic heterocycles. The number of halogens is 1. The van der Waals surface area contributed by atoms with Crippen molar-refractivity contribution in [3.63, 3.8) is 0 Å². The molecule has 0 amide bonds. The molecule has 1 N–H and O–H groups in total. The third-order valence-electron chi connectivity index (χ3n) is 3.52. The zero-order chi connectivity index (χ0) is 11.5. The molecule has 0 heterocycles. The van der Waals surface area contributed by atoms with E-state index in [0.29, 0.717) is 0 Å². The molecule has 1 aromatic rings. The molecule has 16 heavy (non-hydrogen) atoms. The molecule has 1 aromatic carbocycles. The second-order valence-electron chi connectivity index (χ2n) is 5.00. The van der Waals surface area contributed by atoms with Gasteiger partial charge in [0.2, 0.25) is 0 Å². The minimum Gasteiger partial charge on any atom is -0.310 e. The van der Waals surface area contributed by atoms with Crippen molar-refractivity contribution in [2.45, 2.75) is 32.7 Å². The van der Waals surface area contributed by atoms with Gasteiger partial charge in [-0.3, -0.25) is 0 Å². The van der Waals surface area contributed by atoms with Gasteiger partial charge in [0.15, 0.2) is 0 Å². The zero-order valence-electron chi connectivity index (χ0n) is 10.0. The predicted molar refractivity (Wildman–Crippen MR) is 64.7 cm³/mol. The largest absolute Gasteiger partial charge is 0.310 e. The molecule has 0 spiro atoms. The quantitative estimate of drug-likeness (QED) is 0.802. The van der Waals surface area contributed by atoms with Gasteiger partial charge in [-0.1, -0.05) is 19.1 Å². The summed E-state index contributed by atoms with van der Waals surface area (Å²) in [5.74, 6) is 1.52. The Morgan fingerprint density at radius 1 is 1.38 bits per heavy atom. The van der Waals surface area contributed by atoms with Gasteiger partial charge in [0.05, 0.1) is 0 Å². The van der Waals surface area contributed by atoms with E-state index in [-0.39, 0.29) is 11.9 Å². The average molecular weight is 221 g/mol. The van der Waals surface area contributed by atoms with E-state index in [1.807, 2.05) is 6.07 Å². The summed E-state index contributed by atoms with van der Waals surface area (Å²) in [4.78, 5) is 0. The van der Waals surface area contributed by atoms with E-state index in [1.165, 1.54) is 18.9 Å². The number of hydrogen-bond acceptors (Lipinski definition) is 1. The summed E-state index contributed by atoms with van der Waals surface area (Å²) < 4.78 is 13.0. The molecule has 1 fully saturated rings. The van der Waals surface area contributed by atoms with Crippen LogP contribution in [-0.2, 0) is 0 Å². The Bertz CT molecular complexity index is 346. The molecule has 2 unspecified atom stereocenters. The first-order valence-corrected chi connectivity index (χ1v) is 6.15. The van der Waals surface area contributed by atoms with Crippen LogP contribution < -0.4 is 5.32 Å². The van der Waals surface area contributed by atoms with Gasteiger partial charge in [-0.15, -0.1) is 0 Å². The summed E-state index contributed by atoms with van der Waals surface area (Å²) in [7, 11) is 0. The van der Waals surface area contributed by atoms with Crippen molar-refractivity contribution >= 4 is 0 Å². The van der Waals surface area contributed by atoms with Crippen molar-refractivity contribution in [3.8, 4) is 0 Å². The fourth-order valence-corrected chi connectivity index (χ4v) is 2.09. The monoisotopic (exact) mass is 221 g/mol. The Labute approximate surface area is 97.1 Å². The van der Waals surface area contributed by atoms with Gasteiger partial charge in [-0.25, -0.2) is 4.39 Å². The summed E-state index contributed by atoms with van der Waals surface area (Å²) in [6.07, 6.45) is 2.77. The van der Waals surface area contributed by atoms with Crippen LogP contribution in [0.4, 0.5) is 4.39 Å². The van der Waals surface area contributed by atoms with Crippen LogP contribution in [0, 0.1) is 17.7 Å². The highest BCUT2D eigenvalue weighted by molar-refractivity contribution is 5.19. The summed E-state index contributed by atoms with van der Waals surface area (Å²) in [6, 6.07) is 7.08. The maximum Gasteiger partial charge on any atom is 0.123 e. The van der Waals surface area contributed by atoms with Crippen LogP contribution in [0.5, 0.6) is 0 Å². The van der Waals surface area contributed by atoms with Gasteiger partial charge in [0, 0.05) is 6.04 Å². The van der Waals surface area contributed by atoms with E-state index >= 15 is 0 Å². The average Bonchev–Trinajstić information content (AvgIpc) is 3.09. The van der Waals surface area contributed by atoms with Crippen molar-refractivity contribution in [2.24, 2.45) is 11.8 Å². The Kier molecular flexibility index (Phi) is 3.59. The van der Waals surface area contributed by atoms with Crippen LogP contribution in [0.15, 0.2) is 24.3 Å². The molecule has 2 heteroatoms. The normalized spacial score (nSPS) is 19.4. The molecule has 1 saturated carbocycles. The smallest absolute Gasteiger partial charge is 0.123 e. The maximum absolute atomic E-state index is 13.0. The second-order valence-corrected chi connectivity index (χ2v) is 5.00. The summed E-state index contributed by atoms with van der Waals surface area (Å²) >= 11 is 0. The van der Waals surface area contributed by atoms with Crippen molar-refractivity contribution in [1.82, 2.24) is 5.32 Å². The number of nitrogens with one attached hydrogen (secondary N) is 1. The Hall–Kier alpha value is -0.890. The van der Waals surface area contributed by atoms with Crippen LogP contribution in [-0.4, -0.2) is 6.54 Å². The van der Waals surface area contributed by atoms with E-state index in [9.17, 15) is 4.39 Å². The summed E-state index contributed by atoms with van der Waals surface area (Å²) in [6.45, 7) is 5.42. The predicted octanol–water partition coefficient (Wildman–Crippen LogP) is 3.52. The lowest BCUT2D eigenvalue weighted by atomic mass is 10.0. The molecule has 1 nitrogen and oxygen atoms in total. The fraction of sp³-hybridized carbons (Fsp3) is 0.571. The second kappa shape index (κ2) is 4.96. The van der Waals surface area contributed by atoms with Crippen molar-refractivity contribution in [1.29, 1.82) is 0 Å². The summed E-state index contributed by atoms with van der Waals surface area (Å²) in [5, 5.41) is 3.48. The van der Waals surface area contributed by atoms with Gasteiger partial charge >= 0.3 is 0 Å². The molecule has 0 aromatic heterocycles. The SMILES string of the molecule is CC(NCC(C)C1CC1)c1cccc(F)c1. The standard InChI is InChI=1S/C14H20FN/c1-10(12-6-7-12)9-16-11(2)13-4-3-5-14(15)8-13/h3-5,8,10-12,16H,6-7,9H2,1-2H3. The first-order chi connectivity index (χ1) is 7.66. The van der Waals surface area contributed by atoms with Crippen LogP contribution in [0.1, 0.15) is 38.3 Å². The molecule has 0 radical (unpaired) electrons. The maximum atomic E-state index is 13.0. The number of hydrogen-bond donors (Lipinski definition) is 1. The van der Waals surface area contributed by atoms with Gasteiger partial charge in [0.25, 0.3) is 0 Å². The topological polar surface area (TPSA) is 12.0 Å². The molecular weight excluding hydrogens is 201 g/mol. The van der Waals surface area contributed by atoms with Crippen LogP contribution in [0.3, 0.4) is 0 Å². The highest BCUT2D eigenvalue weighted by Crippen LogP contribution is 2.36.